The molecule has 4 bridgehead atoms. The molecule has 0 radical (unpaired) electrons. The fourth-order valence-corrected chi connectivity index (χ4v) is 7.18. The Bertz CT molecular complexity index is 417. The SMILES string of the molecule is CC12CC3CC(C)(C1)CC(CC(=O)C1CCOC1)(C3)C2. The molecule has 0 spiro atoms. The molecule has 112 valence electrons. The average Bonchev–Trinajstić information content (AvgIpc) is 2.75. The molecule has 2 nitrogen and oxygen atoms in total. The van der Waals surface area contributed by atoms with E-state index in [1.54, 1.807) is 0 Å². The lowest BCUT2D eigenvalue weighted by atomic mass is 9.39. The summed E-state index contributed by atoms with van der Waals surface area (Å²) in [6, 6.07) is 0. The minimum absolute atomic E-state index is 0.212. The highest BCUT2D eigenvalue weighted by molar-refractivity contribution is 5.82. The first-order chi connectivity index (χ1) is 9.40. The molecule has 1 saturated heterocycles. The van der Waals surface area contributed by atoms with Crippen LogP contribution in [0.1, 0.15) is 65.2 Å². The minimum Gasteiger partial charge on any atom is -0.381 e. The van der Waals surface area contributed by atoms with E-state index in [-0.39, 0.29) is 5.92 Å². The van der Waals surface area contributed by atoms with Crippen LogP contribution in [0.15, 0.2) is 0 Å². The van der Waals surface area contributed by atoms with Gasteiger partial charge in [0.1, 0.15) is 5.78 Å². The number of hydrogen-bond donors (Lipinski definition) is 0. The first-order valence-electron chi connectivity index (χ1n) is 8.50. The van der Waals surface area contributed by atoms with Crippen molar-refractivity contribution in [1.29, 1.82) is 0 Å². The van der Waals surface area contributed by atoms with Gasteiger partial charge in [-0.25, -0.2) is 0 Å². The van der Waals surface area contributed by atoms with Gasteiger partial charge in [0.15, 0.2) is 0 Å². The normalized spacial score (nSPS) is 53.5. The molecule has 5 rings (SSSR count). The molecule has 4 aliphatic carbocycles. The van der Waals surface area contributed by atoms with Crippen molar-refractivity contribution in [3.05, 3.63) is 0 Å². The van der Waals surface area contributed by atoms with Crippen LogP contribution in [0.3, 0.4) is 0 Å². The second kappa shape index (κ2) is 4.09. The molecule has 1 heterocycles. The molecular weight excluding hydrogens is 248 g/mol. The van der Waals surface area contributed by atoms with Crippen molar-refractivity contribution >= 4 is 5.78 Å². The van der Waals surface area contributed by atoms with Crippen LogP contribution in [-0.4, -0.2) is 19.0 Å². The van der Waals surface area contributed by atoms with E-state index >= 15 is 0 Å². The summed E-state index contributed by atoms with van der Waals surface area (Å²) >= 11 is 0. The van der Waals surface area contributed by atoms with Crippen molar-refractivity contribution in [2.75, 3.05) is 13.2 Å². The molecule has 1 aliphatic heterocycles. The van der Waals surface area contributed by atoms with E-state index in [1.807, 2.05) is 0 Å². The third-order valence-corrected chi connectivity index (χ3v) is 6.68. The zero-order valence-electron chi connectivity index (χ0n) is 13.0. The highest BCUT2D eigenvalue weighted by atomic mass is 16.5. The van der Waals surface area contributed by atoms with E-state index in [9.17, 15) is 4.79 Å². The van der Waals surface area contributed by atoms with Crippen LogP contribution in [-0.2, 0) is 9.53 Å². The Morgan fingerprint density at radius 1 is 1.10 bits per heavy atom. The molecule has 3 unspecified atom stereocenters. The third-order valence-electron chi connectivity index (χ3n) is 6.68. The monoisotopic (exact) mass is 276 g/mol. The molecule has 0 N–H and O–H groups in total. The Labute approximate surface area is 122 Å². The van der Waals surface area contributed by atoms with Gasteiger partial charge in [-0.3, -0.25) is 4.79 Å². The van der Waals surface area contributed by atoms with Gasteiger partial charge in [-0.15, -0.1) is 0 Å². The lowest BCUT2D eigenvalue weighted by molar-refractivity contribution is -0.156. The quantitative estimate of drug-likeness (QED) is 0.779. The molecule has 3 atom stereocenters. The lowest BCUT2D eigenvalue weighted by Gasteiger charge is -2.65. The number of Topliss-reactive ketones (excluding diaryl/α,β-unsaturated/α-hetero) is 1. The standard InChI is InChI=1S/C18H28O2/c1-16-5-13-6-17(2,10-16)12-18(7-13,11-16)8-15(19)14-3-4-20-9-14/h13-14H,3-12H2,1-2H3. The zero-order valence-corrected chi connectivity index (χ0v) is 13.0. The summed E-state index contributed by atoms with van der Waals surface area (Å²) in [5, 5.41) is 0. The molecule has 0 amide bonds. The Balaban J connectivity index is 1.56. The largest absolute Gasteiger partial charge is 0.381 e. The highest BCUT2D eigenvalue weighted by Crippen LogP contribution is 2.70. The van der Waals surface area contributed by atoms with Gasteiger partial charge in [0.05, 0.1) is 6.61 Å². The summed E-state index contributed by atoms with van der Waals surface area (Å²) in [6.45, 7) is 6.47. The van der Waals surface area contributed by atoms with Crippen molar-refractivity contribution in [2.24, 2.45) is 28.1 Å². The first kappa shape index (κ1) is 13.3. The minimum atomic E-state index is 0.212. The van der Waals surface area contributed by atoms with Gasteiger partial charge in [-0.1, -0.05) is 13.8 Å². The predicted molar refractivity (Wildman–Crippen MR) is 78.4 cm³/mol. The summed E-state index contributed by atoms with van der Waals surface area (Å²) < 4.78 is 5.42. The molecular formula is C18H28O2. The highest BCUT2D eigenvalue weighted by Gasteiger charge is 2.60. The van der Waals surface area contributed by atoms with Gasteiger partial charge in [-0.05, 0) is 67.1 Å². The van der Waals surface area contributed by atoms with Crippen molar-refractivity contribution in [3.63, 3.8) is 0 Å². The van der Waals surface area contributed by atoms with Gasteiger partial charge >= 0.3 is 0 Å². The van der Waals surface area contributed by atoms with Gasteiger partial charge in [0, 0.05) is 18.9 Å². The molecule has 0 aromatic rings. The summed E-state index contributed by atoms with van der Waals surface area (Å²) in [5.41, 5.74) is 1.41. The fraction of sp³-hybridized carbons (Fsp3) is 0.944. The smallest absolute Gasteiger partial charge is 0.138 e. The maximum atomic E-state index is 12.7. The first-order valence-corrected chi connectivity index (χ1v) is 8.50. The Morgan fingerprint density at radius 2 is 1.80 bits per heavy atom. The molecule has 0 aromatic carbocycles. The van der Waals surface area contributed by atoms with Gasteiger partial charge in [-0.2, -0.15) is 0 Å². The fourth-order valence-electron chi connectivity index (χ4n) is 7.18. The molecule has 2 heteroatoms. The van der Waals surface area contributed by atoms with Crippen LogP contribution in [0.5, 0.6) is 0 Å². The molecule has 5 fully saturated rings. The van der Waals surface area contributed by atoms with Gasteiger partial charge in [0.25, 0.3) is 0 Å². The number of rotatable bonds is 3. The van der Waals surface area contributed by atoms with E-state index in [0.717, 1.165) is 25.4 Å². The maximum Gasteiger partial charge on any atom is 0.138 e. The van der Waals surface area contributed by atoms with Crippen molar-refractivity contribution in [3.8, 4) is 0 Å². The summed E-state index contributed by atoms with van der Waals surface area (Å²) in [7, 11) is 0. The van der Waals surface area contributed by atoms with Crippen LogP contribution >= 0.6 is 0 Å². The van der Waals surface area contributed by atoms with Gasteiger partial charge in [0.2, 0.25) is 0 Å². The van der Waals surface area contributed by atoms with E-state index in [2.05, 4.69) is 13.8 Å². The van der Waals surface area contributed by atoms with Crippen LogP contribution < -0.4 is 0 Å². The number of carbonyl (C=O) groups excluding carboxylic acids is 1. The maximum absolute atomic E-state index is 12.7. The van der Waals surface area contributed by atoms with Crippen molar-refractivity contribution in [1.82, 2.24) is 0 Å². The molecule has 5 aliphatic rings. The summed E-state index contributed by atoms with van der Waals surface area (Å²) in [6.07, 6.45) is 10.0. The molecule has 0 aromatic heterocycles. The van der Waals surface area contributed by atoms with Crippen LogP contribution in [0.25, 0.3) is 0 Å². The Hall–Kier alpha value is -0.370. The number of ether oxygens (including phenoxy) is 1. The average molecular weight is 276 g/mol. The Kier molecular flexibility index (Phi) is 2.72. The van der Waals surface area contributed by atoms with Crippen molar-refractivity contribution in [2.45, 2.75) is 65.2 Å². The van der Waals surface area contributed by atoms with E-state index in [1.165, 1.54) is 38.5 Å². The number of ketones is 1. The van der Waals surface area contributed by atoms with Crippen molar-refractivity contribution < 1.29 is 9.53 Å². The summed E-state index contributed by atoms with van der Waals surface area (Å²) in [4.78, 5) is 12.7. The third kappa shape index (κ3) is 2.06. The summed E-state index contributed by atoms with van der Waals surface area (Å²) in [5.74, 6) is 1.62. The van der Waals surface area contributed by atoms with Crippen LogP contribution in [0, 0.1) is 28.1 Å². The van der Waals surface area contributed by atoms with Crippen LogP contribution in [0.2, 0.25) is 0 Å². The number of hydrogen-bond acceptors (Lipinski definition) is 2. The predicted octanol–water partition coefficient (Wildman–Crippen LogP) is 3.98. The zero-order chi connectivity index (χ0) is 14.0. The molecule has 20 heavy (non-hydrogen) atoms. The molecule has 4 saturated carbocycles. The Morgan fingerprint density at radius 3 is 2.35 bits per heavy atom. The second-order valence-electron chi connectivity index (χ2n) is 9.33. The van der Waals surface area contributed by atoms with E-state index < -0.39 is 0 Å². The van der Waals surface area contributed by atoms with E-state index in [0.29, 0.717) is 28.6 Å². The van der Waals surface area contributed by atoms with Crippen LogP contribution in [0.4, 0.5) is 0 Å². The number of carbonyl (C=O) groups is 1. The lowest BCUT2D eigenvalue weighted by Crippen LogP contribution is -2.55. The topological polar surface area (TPSA) is 26.3 Å². The van der Waals surface area contributed by atoms with E-state index in [4.69, 9.17) is 4.74 Å². The second-order valence-corrected chi connectivity index (χ2v) is 9.33. The van der Waals surface area contributed by atoms with Gasteiger partial charge < -0.3 is 4.74 Å².